The molecule has 0 radical (unpaired) electrons. The SMILES string of the molecule is CCOc1ncnc(Nc2cc(C)ccc2OC)c1[N+](=O)[O-]. The minimum atomic E-state index is -0.574. The Morgan fingerprint density at radius 3 is 2.77 bits per heavy atom. The van der Waals surface area contributed by atoms with Gasteiger partial charge in [-0.05, 0) is 31.5 Å². The number of nitrogens with one attached hydrogen (secondary N) is 1. The van der Waals surface area contributed by atoms with Gasteiger partial charge in [-0.3, -0.25) is 10.1 Å². The standard InChI is InChI=1S/C14H16N4O4/c1-4-22-14-12(18(19)20)13(15-8-16-14)17-10-7-9(2)5-6-11(10)21-3/h5-8H,4H2,1-3H3,(H,15,16,17). The second-order valence-electron chi connectivity index (χ2n) is 4.39. The molecule has 1 aromatic carbocycles. The number of methoxy groups -OCH3 is 1. The molecule has 1 N–H and O–H groups in total. The van der Waals surface area contributed by atoms with Crippen LogP contribution in [0.3, 0.4) is 0 Å². The van der Waals surface area contributed by atoms with Crippen molar-refractivity contribution in [3.8, 4) is 11.6 Å². The predicted octanol–water partition coefficient (Wildman–Crippen LogP) is 2.84. The monoisotopic (exact) mass is 304 g/mol. The lowest BCUT2D eigenvalue weighted by atomic mass is 10.2. The molecule has 0 atom stereocenters. The topological polar surface area (TPSA) is 99.4 Å². The normalized spacial score (nSPS) is 10.1. The van der Waals surface area contributed by atoms with Crippen molar-refractivity contribution in [1.82, 2.24) is 9.97 Å². The van der Waals surface area contributed by atoms with E-state index in [1.54, 1.807) is 13.0 Å². The molecule has 0 aliphatic carbocycles. The zero-order chi connectivity index (χ0) is 16.1. The van der Waals surface area contributed by atoms with Gasteiger partial charge in [-0.15, -0.1) is 0 Å². The molecule has 0 amide bonds. The number of benzene rings is 1. The molecular weight excluding hydrogens is 288 g/mol. The molecule has 0 saturated carbocycles. The zero-order valence-electron chi connectivity index (χ0n) is 12.5. The van der Waals surface area contributed by atoms with E-state index in [0.717, 1.165) is 5.56 Å². The number of rotatable bonds is 6. The van der Waals surface area contributed by atoms with Crippen molar-refractivity contribution in [2.24, 2.45) is 0 Å². The highest BCUT2D eigenvalue weighted by Crippen LogP contribution is 2.35. The van der Waals surface area contributed by atoms with Crippen molar-refractivity contribution in [2.75, 3.05) is 19.0 Å². The van der Waals surface area contributed by atoms with Gasteiger partial charge in [-0.1, -0.05) is 6.07 Å². The lowest BCUT2D eigenvalue weighted by Gasteiger charge is -2.12. The fourth-order valence-electron chi connectivity index (χ4n) is 1.91. The molecule has 0 fully saturated rings. The van der Waals surface area contributed by atoms with Gasteiger partial charge < -0.3 is 14.8 Å². The van der Waals surface area contributed by atoms with Crippen molar-refractivity contribution in [3.63, 3.8) is 0 Å². The van der Waals surface area contributed by atoms with E-state index in [1.807, 2.05) is 19.1 Å². The summed E-state index contributed by atoms with van der Waals surface area (Å²) in [5.41, 5.74) is 1.24. The van der Waals surface area contributed by atoms with Crippen LogP contribution in [0.4, 0.5) is 17.2 Å². The maximum atomic E-state index is 11.3. The molecule has 0 spiro atoms. The smallest absolute Gasteiger partial charge is 0.373 e. The van der Waals surface area contributed by atoms with Crippen LogP contribution in [0.5, 0.6) is 11.6 Å². The van der Waals surface area contributed by atoms with E-state index in [0.29, 0.717) is 11.4 Å². The molecule has 1 aromatic heterocycles. The predicted molar refractivity (Wildman–Crippen MR) is 80.9 cm³/mol. The van der Waals surface area contributed by atoms with Gasteiger partial charge in [0.15, 0.2) is 0 Å². The van der Waals surface area contributed by atoms with Crippen LogP contribution in [0.2, 0.25) is 0 Å². The summed E-state index contributed by atoms with van der Waals surface area (Å²) >= 11 is 0. The van der Waals surface area contributed by atoms with E-state index in [2.05, 4.69) is 15.3 Å². The summed E-state index contributed by atoms with van der Waals surface area (Å²) in [6.45, 7) is 3.90. The molecule has 0 unspecified atom stereocenters. The average molecular weight is 304 g/mol. The van der Waals surface area contributed by atoms with Crippen LogP contribution >= 0.6 is 0 Å². The van der Waals surface area contributed by atoms with Gasteiger partial charge in [-0.25, -0.2) is 4.98 Å². The Bertz CT molecular complexity index is 691. The Balaban J connectivity index is 2.47. The molecule has 2 rings (SSSR count). The Kier molecular flexibility index (Phi) is 4.72. The fourth-order valence-corrected chi connectivity index (χ4v) is 1.91. The van der Waals surface area contributed by atoms with E-state index >= 15 is 0 Å². The molecule has 8 nitrogen and oxygen atoms in total. The summed E-state index contributed by atoms with van der Waals surface area (Å²) in [6.07, 6.45) is 1.21. The summed E-state index contributed by atoms with van der Waals surface area (Å²) in [5, 5.41) is 14.2. The number of aromatic nitrogens is 2. The first-order chi connectivity index (χ1) is 10.6. The van der Waals surface area contributed by atoms with Crippen LogP contribution in [-0.4, -0.2) is 28.6 Å². The molecule has 0 saturated heterocycles. The van der Waals surface area contributed by atoms with Gasteiger partial charge in [0.05, 0.1) is 24.3 Å². The van der Waals surface area contributed by atoms with Gasteiger partial charge in [0.2, 0.25) is 5.82 Å². The van der Waals surface area contributed by atoms with E-state index in [9.17, 15) is 10.1 Å². The molecule has 116 valence electrons. The van der Waals surface area contributed by atoms with Crippen LogP contribution in [0, 0.1) is 17.0 Å². The Hall–Kier alpha value is -2.90. The van der Waals surface area contributed by atoms with Gasteiger partial charge >= 0.3 is 5.69 Å². The van der Waals surface area contributed by atoms with Crippen LogP contribution in [-0.2, 0) is 0 Å². The summed E-state index contributed by atoms with van der Waals surface area (Å²) in [4.78, 5) is 18.5. The number of nitro groups is 1. The largest absolute Gasteiger partial charge is 0.495 e. The lowest BCUT2D eigenvalue weighted by Crippen LogP contribution is -2.06. The number of ether oxygens (including phenoxy) is 2. The summed E-state index contributed by atoms with van der Waals surface area (Å²) in [5.74, 6) is 0.528. The van der Waals surface area contributed by atoms with E-state index in [4.69, 9.17) is 9.47 Å². The third-order valence-corrected chi connectivity index (χ3v) is 2.86. The first-order valence-electron chi connectivity index (χ1n) is 6.60. The van der Waals surface area contributed by atoms with E-state index < -0.39 is 4.92 Å². The zero-order valence-corrected chi connectivity index (χ0v) is 12.5. The molecule has 8 heteroatoms. The van der Waals surface area contributed by atoms with Crippen molar-refractivity contribution >= 4 is 17.2 Å². The highest BCUT2D eigenvalue weighted by Gasteiger charge is 2.25. The minimum Gasteiger partial charge on any atom is -0.495 e. The maximum Gasteiger partial charge on any atom is 0.373 e. The molecule has 0 aliphatic rings. The minimum absolute atomic E-state index is 0.0485. The molecule has 1 heterocycles. The Morgan fingerprint density at radius 2 is 2.14 bits per heavy atom. The number of hydrogen-bond donors (Lipinski definition) is 1. The number of anilines is 2. The molecule has 2 aromatic rings. The van der Waals surface area contributed by atoms with E-state index in [-0.39, 0.29) is 24.0 Å². The Labute approximate surface area is 127 Å². The second kappa shape index (κ2) is 6.70. The average Bonchev–Trinajstić information content (AvgIpc) is 2.47. The maximum absolute atomic E-state index is 11.3. The second-order valence-corrected chi connectivity index (χ2v) is 4.39. The third kappa shape index (κ3) is 3.22. The Morgan fingerprint density at radius 1 is 1.36 bits per heavy atom. The summed E-state index contributed by atoms with van der Waals surface area (Å²) in [6, 6.07) is 5.46. The molecule has 22 heavy (non-hydrogen) atoms. The van der Waals surface area contributed by atoms with Gasteiger partial charge in [0.1, 0.15) is 12.1 Å². The van der Waals surface area contributed by atoms with Crippen LogP contribution in [0.1, 0.15) is 12.5 Å². The number of aryl methyl sites for hydroxylation is 1. The first kappa shape index (κ1) is 15.5. The quantitative estimate of drug-likeness (QED) is 0.647. The molecular formula is C14H16N4O4. The van der Waals surface area contributed by atoms with Crippen LogP contribution < -0.4 is 14.8 Å². The summed E-state index contributed by atoms with van der Waals surface area (Å²) < 4.78 is 10.4. The van der Waals surface area contributed by atoms with Crippen LogP contribution in [0.15, 0.2) is 24.5 Å². The highest BCUT2D eigenvalue weighted by atomic mass is 16.6. The van der Waals surface area contributed by atoms with Crippen LogP contribution in [0.25, 0.3) is 0 Å². The lowest BCUT2D eigenvalue weighted by molar-refractivity contribution is -0.385. The van der Waals surface area contributed by atoms with Gasteiger partial charge in [0, 0.05) is 0 Å². The summed E-state index contributed by atoms with van der Waals surface area (Å²) in [7, 11) is 1.52. The van der Waals surface area contributed by atoms with Crippen molar-refractivity contribution in [3.05, 3.63) is 40.2 Å². The fraction of sp³-hybridized carbons (Fsp3) is 0.286. The first-order valence-corrected chi connectivity index (χ1v) is 6.60. The van der Waals surface area contributed by atoms with Gasteiger partial charge in [0.25, 0.3) is 5.88 Å². The van der Waals surface area contributed by atoms with E-state index in [1.165, 1.54) is 13.4 Å². The molecule has 0 bridgehead atoms. The van der Waals surface area contributed by atoms with Crippen molar-refractivity contribution < 1.29 is 14.4 Å². The third-order valence-electron chi connectivity index (χ3n) is 2.86. The van der Waals surface area contributed by atoms with Crippen molar-refractivity contribution in [1.29, 1.82) is 0 Å². The highest BCUT2D eigenvalue weighted by molar-refractivity contribution is 5.72. The van der Waals surface area contributed by atoms with Gasteiger partial charge in [-0.2, -0.15) is 4.98 Å². The molecule has 0 aliphatic heterocycles. The van der Waals surface area contributed by atoms with Crippen molar-refractivity contribution in [2.45, 2.75) is 13.8 Å². The number of hydrogen-bond acceptors (Lipinski definition) is 7. The number of nitrogens with zero attached hydrogens (tertiary/aromatic N) is 3.